The van der Waals surface area contributed by atoms with Gasteiger partial charge in [0.25, 0.3) is 0 Å². The van der Waals surface area contributed by atoms with Gasteiger partial charge in [0.05, 0.1) is 24.3 Å². The number of urea groups is 1. The van der Waals surface area contributed by atoms with Crippen LogP contribution in [-0.4, -0.2) is 53.4 Å². The van der Waals surface area contributed by atoms with E-state index in [2.05, 4.69) is 10.2 Å². The first-order chi connectivity index (χ1) is 15.7. The summed E-state index contributed by atoms with van der Waals surface area (Å²) in [6.07, 6.45) is 4.03. The third-order valence-electron chi connectivity index (χ3n) is 7.05. The van der Waals surface area contributed by atoms with E-state index in [1.165, 1.54) is 12.1 Å². The molecule has 0 unspecified atom stereocenters. The summed E-state index contributed by atoms with van der Waals surface area (Å²) in [5.41, 5.74) is 2.42. The molecule has 3 heterocycles. The number of piperidine rings is 1. The number of carbonyl (C=O) groups excluding carboxylic acids is 1. The zero-order valence-corrected chi connectivity index (χ0v) is 17.9. The SMILES string of the molecule is O=C(N(C1CCNCC1)C1CC1)N1N=C2c3cc(F)ccc3OC[C@H]2[C@H]1c1ccccc1. The number of fused-ring (bicyclic) bond motifs is 3. The van der Waals surface area contributed by atoms with Crippen molar-refractivity contribution in [3.05, 3.63) is 65.5 Å². The maximum atomic E-state index is 14.1. The van der Waals surface area contributed by atoms with Crippen molar-refractivity contribution in [1.29, 1.82) is 0 Å². The quantitative estimate of drug-likeness (QED) is 0.796. The topological polar surface area (TPSA) is 57.2 Å². The number of hydrazone groups is 1. The number of nitrogens with zero attached hydrogens (tertiary/aromatic N) is 3. The molecule has 2 fully saturated rings. The van der Waals surface area contributed by atoms with E-state index in [0.717, 1.165) is 50.0 Å². The van der Waals surface area contributed by atoms with E-state index in [1.54, 1.807) is 11.1 Å². The Morgan fingerprint density at radius 3 is 2.56 bits per heavy atom. The molecule has 3 aliphatic heterocycles. The van der Waals surface area contributed by atoms with Gasteiger partial charge in [0.15, 0.2) is 0 Å². The zero-order chi connectivity index (χ0) is 21.7. The number of amides is 2. The second-order valence-corrected chi connectivity index (χ2v) is 9.15. The van der Waals surface area contributed by atoms with Crippen molar-refractivity contribution in [3.8, 4) is 5.75 Å². The number of hydrogen-bond acceptors (Lipinski definition) is 4. The molecule has 1 N–H and O–H groups in total. The Kier molecular flexibility index (Phi) is 4.86. The molecule has 6 nitrogen and oxygen atoms in total. The van der Waals surface area contributed by atoms with Crippen LogP contribution in [-0.2, 0) is 0 Å². The van der Waals surface area contributed by atoms with Crippen LogP contribution in [0.15, 0.2) is 53.6 Å². The molecule has 0 radical (unpaired) electrons. The Bertz CT molecular complexity index is 1050. The molecule has 2 atom stereocenters. The standard InChI is InChI=1S/C25H27FN4O2/c26-17-6-9-22-20(14-17)23-21(15-32-22)24(16-4-2-1-3-5-16)30(28-23)25(31)29(18-7-8-18)19-10-12-27-13-11-19/h1-6,9,14,18-19,21,24,27H,7-8,10-13,15H2/t21-,24-/m1/s1. The summed E-state index contributed by atoms with van der Waals surface area (Å²) >= 11 is 0. The lowest BCUT2D eigenvalue weighted by Gasteiger charge is -2.38. The highest BCUT2D eigenvalue weighted by molar-refractivity contribution is 6.07. The molecule has 32 heavy (non-hydrogen) atoms. The molecule has 1 saturated carbocycles. The summed E-state index contributed by atoms with van der Waals surface area (Å²) in [7, 11) is 0. The van der Waals surface area contributed by atoms with E-state index < -0.39 is 0 Å². The predicted molar refractivity (Wildman–Crippen MR) is 119 cm³/mol. The Morgan fingerprint density at radius 2 is 1.81 bits per heavy atom. The van der Waals surface area contributed by atoms with Crippen LogP contribution in [0.2, 0.25) is 0 Å². The first-order valence-corrected chi connectivity index (χ1v) is 11.6. The molecule has 166 valence electrons. The van der Waals surface area contributed by atoms with Crippen LogP contribution < -0.4 is 10.1 Å². The summed E-state index contributed by atoms with van der Waals surface area (Å²) in [6, 6.07) is 14.8. The van der Waals surface area contributed by atoms with Crippen LogP contribution in [0.25, 0.3) is 0 Å². The molecule has 0 aromatic heterocycles. The lowest BCUT2D eigenvalue weighted by molar-refractivity contribution is 0.0985. The van der Waals surface area contributed by atoms with Crippen LogP contribution in [0.1, 0.15) is 42.9 Å². The predicted octanol–water partition coefficient (Wildman–Crippen LogP) is 3.93. The smallest absolute Gasteiger partial charge is 0.341 e. The van der Waals surface area contributed by atoms with Crippen LogP contribution in [0.4, 0.5) is 9.18 Å². The minimum Gasteiger partial charge on any atom is -0.492 e. The molecule has 7 heteroatoms. The third kappa shape index (κ3) is 3.35. The molecule has 2 aromatic carbocycles. The van der Waals surface area contributed by atoms with Crippen molar-refractivity contribution in [1.82, 2.24) is 15.2 Å². The average molecular weight is 435 g/mol. The van der Waals surface area contributed by atoms with Gasteiger partial charge in [-0.1, -0.05) is 30.3 Å². The summed E-state index contributed by atoms with van der Waals surface area (Å²) in [4.78, 5) is 16.1. The maximum absolute atomic E-state index is 14.1. The van der Waals surface area contributed by atoms with Crippen molar-refractivity contribution >= 4 is 11.7 Å². The van der Waals surface area contributed by atoms with E-state index >= 15 is 0 Å². The molecule has 4 aliphatic rings. The molecular formula is C25H27FN4O2. The van der Waals surface area contributed by atoms with Crippen LogP contribution >= 0.6 is 0 Å². The summed E-state index contributed by atoms with van der Waals surface area (Å²) in [5, 5.41) is 9.94. The van der Waals surface area contributed by atoms with Crippen molar-refractivity contribution in [3.63, 3.8) is 0 Å². The maximum Gasteiger partial charge on any atom is 0.341 e. The average Bonchev–Trinajstić information content (AvgIpc) is 3.58. The van der Waals surface area contributed by atoms with Crippen molar-refractivity contribution in [2.45, 2.75) is 43.8 Å². The molecule has 1 saturated heterocycles. The molecule has 0 bridgehead atoms. The molecular weight excluding hydrogens is 407 g/mol. The highest BCUT2D eigenvalue weighted by Crippen LogP contribution is 2.44. The van der Waals surface area contributed by atoms with Crippen molar-refractivity contribution < 1.29 is 13.9 Å². The van der Waals surface area contributed by atoms with E-state index in [4.69, 9.17) is 9.84 Å². The Balaban J connectivity index is 1.41. The number of nitrogens with one attached hydrogen (secondary N) is 1. The van der Waals surface area contributed by atoms with Gasteiger partial charge in [0, 0.05) is 17.6 Å². The zero-order valence-electron chi connectivity index (χ0n) is 17.9. The van der Waals surface area contributed by atoms with Gasteiger partial charge in [0.1, 0.15) is 11.6 Å². The van der Waals surface area contributed by atoms with Gasteiger partial charge in [-0.25, -0.2) is 14.2 Å². The molecule has 1 aliphatic carbocycles. The molecule has 0 spiro atoms. The number of hydrogen-bond donors (Lipinski definition) is 1. The summed E-state index contributed by atoms with van der Waals surface area (Å²) in [6.45, 7) is 2.28. The van der Waals surface area contributed by atoms with Crippen molar-refractivity contribution in [2.75, 3.05) is 19.7 Å². The van der Waals surface area contributed by atoms with E-state index in [0.29, 0.717) is 24.0 Å². The highest BCUT2D eigenvalue weighted by atomic mass is 19.1. The second-order valence-electron chi connectivity index (χ2n) is 9.15. The number of halogens is 1. The largest absolute Gasteiger partial charge is 0.492 e. The van der Waals surface area contributed by atoms with Crippen LogP contribution in [0.3, 0.4) is 0 Å². The normalized spacial score (nSPS) is 24.9. The minimum absolute atomic E-state index is 0.0342. The van der Waals surface area contributed by atoms with Crippen LogP contribution in [0, 0.1) is 11.7 Å². The Morgan fingerprint density at radius 1 is 1.06 bits per heavy atom. The lowest BCUT2D eigenvalue weighted by Crippen LogP contribution is -2.51. The van der Waals surface area contributed by atoms with E-state index in [-0.39, 0.29) is 29.8 Å². The number of ether oxygens (including phenoxy) is 1. The summed E-state index contributed by atoms with van der Waals surface area (Å²) < 4.78 is 20.1. The first kappa shape index (κ1) is 19.7. The van der Waals surface area contributed by atoms with Gasteiger partial charge < -0.3 is 15.0 Å². The van der Waals surface area contributed by atoms with Gasteiger partial charge >= 0.3 is 6.03 Å². The summed E-state index contributed by atoms with van der Waals surface area (Å²) in [5.74, 6) is 0.163. The number of rotatable bonds is 3. The van der Waals surface area contributed by atoms with Gasteiger partial charge in [-0.2, -0.15) is 5.10 Å². The van der Waals surface area contributed by atoms with Gasteiger partial charge in [0.2, 0.25) is 0 Å². The van der Waals surface area contributed by atoms with E-state index in [9.17, 15) is 9.18 Å². The first-order valence-electron chi connectivity index (χ1n) is 11.6. The van der Waals surface area contributed by atoms with Gasteiger partial charge in [-0.15, -0.1) is 0 Å². The Labute approximate surface area is 187 Å². The molecule has 2 aromatic rings. The molecule has 2 amide bonds. The van der Waals surface area contributed by atoms with Gasteiger partial charge in [-0.05, 0) is 62.5 Å². The number of carbonyl (C=O) groups is 1. The van der Waals surface area contributed by atoms with E-state index in [1.807, 2.05) is 30.3 Å². The highest BCUT2D eigenvalue weighted by Gasteiger charge is 2.49. The fraction of sp³-hybridized carbons (Fsp3) is 0.440. The minimum atomic E-state index is -0.328. The van der Waals surface area contributed by atoms with Crippen molar-refractivity contribution in [2.24, 2.45) is 11.0 Å². The fourth-order valence-electron chi connectivity index (χ4n) is 5.36. The second kappa shape index (κ2) is 7.89. The number of benzene rings is 2. The van der Waals surface area contributed by atoms with Gasteiger partial charge in [-0.3, -0.25) is 0 Å². The lowest BCUT2D eigenvalue weighted by atomic mass is 9.86. The third-order valence-corrected chi connectivity index (χ3v) is 7.05. The van der Waals surface area contributed by atoms with Crippen LogP contribution in [0.5, 0.6) is 5.75 Å². The molecule has 6 rings (SSSR count). The monoisotopic (exact) mass is 434 g/mol. The Hall–Kier alpha value is -2.93. The fourth-order valence-corrected chi connectivity index (χ4v) is 5.36.